The van der Waals surface area contributed by atoms with Crippen LogP contribution in [0.1, 0.15) is 19.2 Å². The van der Waals surface area contributed by atoms with Gasteiger partial charge in [-0.2, -0.15) is 0 Å². The Bertz CT molecular complexity index is 772. The van der Waals surface area contributed by atoms with Gasteiger partial charge in [0.05, 0.1) is 17.6 Å². The van der Waals surface area contributed by atoms with Gasteiger partial charge < -0.3 is 9.88 Å². The number of carbonyl (C=O) groups excluding carboxylic acids is 1. The van der Waals surface area contributed by atoms with Gasteiger partial charge in [-0.15, -0.1) is 0 Å². The third-order valence-electron chi connectivity index (χ3n) is 5.54. The number of hydrazine groups is 1. The number of nitrogens with zero attached hydrogens (tertiary/aromatic N) is 3. The normalized spacial score (nSPS) is 26.7. The summed E-state index contributed by atoms with van der Waals surface area (Å²) in [4.78, 5) is 19.4. The van der Waals surface area contributed by atoms with E-state index < -0.39 is 0 Å². The molecule has 7 nitrogen and oxygen atoms in total. The summed E-state index contributed by atoms with van der Waals surface area (Å²) < 4.78 is 2.29. The predicted molar refractivity (Wildman–Crippen MR) is 96.7 cm³/mol. The summed E-state index contributed by atoms with van der Waals surface area (Å²) in [5.41, 5.74) is 8.72. The minimum Gasteiger partial charge on any atom is -0.358 e. The Morgan fingerprint density at radius 3 is 3.00 bits per heavy atom. The van der Waals surface area contributed by atoms with Gasteiger partial charge in [0.15, 0.2) is 0 Å². The van der Waals surface area contributed by atoms with E-state index in [1.54, 1.807) is 7.05 Å². The molecule has 25 heavy (non-hydrogen) atoms. The summed E-state index contributed by atoms with van der Waals surface area (Å²) in [7, 11) is 1.70. The third kappa shape index (κ3) is 2.92. The first kappa shape index (κ1) is 16.5. The number of amides is 1. The molecule has 2 aliphatic rings. The minimum absolute atomic E-state index is 0.0580. The number of imidazole rings is 1. The van der Waals surface area contributed by atoms with Gasteiger partial charge in [0.1, 0.15) is 11.9 Å². The van der Waals surface area contributed by atoms with Crippen LogP contribution in [-0.4, -0.2) is 52.6 Å². The summed E-state index contributed by atoms with van der Waals surface area (Å²) in [5.74, 6) is 1.45. The van der Waals surface area contributed by atoms with Crippen molar-refractivity contribution in [1.29, 1.82) is 0 Å². The minimum atomic E-state index is -0.164. The number of carbonyl (C=O) groups is 1. The Morgan fingerprint density at radius 1 is 1.36 bits per heavy atom. The molecule has 2 aliphatic heterocycles. The predicted octanol–water partition coefficient (Wildman–Crippen LogP) is 0.469. The molecule has 0 spiro atoms. The molecular weight excluding hydrogens is 316 g/mol. The Morgan fingerprint density at radius 2 is 2.20 bits per heavy atom. The molecule has 0 aliphatic carbocycles. The fourth-order valence-corrected chi connectivity index (χ4v) is 4.23. The second-order valence-electron chi connectivity index (χ2n) is 6.94. The second-order valence-corrected chi connectivity index (χ2v) is 6.94. The highest BCUT2D eigenvalue weighted by Gasteiger charge is 2.42. The quantitative estimate of drug-likeness (QED) is 0.753. The first-order valence-corrected chi connectivity index (χ1v) is 9.10. The Balaban J connectivity index is 1.53. The number of hydrogen-bond acceptors (Lipinski definition) is 5. The largest absolute Gasteiger partial charge is 0.358 e. The molecule has 1 amide bonds. The molecule has 3 heterocycles. The van der Waals surface area contributed by atoms with Crippen LogP contribution in [0.5, 0.6) is 0 Å². The van der Waals surface area contributed by atoms with Gasteiger partial charge >= 0.3 is 0 Å². The monoisotopic (exact) mass is 342 g/mol. The number of hydrogen-bond donors (Lipinski definition) is 3. The number of benzene rings is 1. The molecule has 3 N–H and O–H groups in total. The number of likely N-dealkylation sites (tertiary alicyclic amines) is 1. The molecule has 3 atom stereocenters. The molecule has 2 aromatic rings. The van der Waals surface area contributed by atoms with Crippen LogP contribution >= 0.6 is 0 Å². The van der Waals surface area contributed by atoms with E-state index in [1.165, 1.54) is 5.52 Å². The van der Waals surface area contributed by atoms with Crippen LogP contribution < -0.4 is 16.2 Å². The van der Waals surface area contributed by atoms with Gasteiger partial charge in [-0.3, -0.25) is 15.1 Å². The Labute approximate surface area is 147 Å². The van der Waals surface area contributed by atoms with Gasteiger partial charge in [-0.25, -0.2) is 10.4 Å². The first-order chi connectivity index (χ1) is 12.2. The number of likely N-dealkylation sites (N-methyl/N-ethyl adjacent to an activating group) is 1. The van der Waals surface area contributed by atoms with E-state index in [-0.39, 0.29) is 17.9 Å². The fourth-order valence-electron chi connectivity index (χ4n) is 4.23. The summed E-state index contributed by atoms with van der Waals surface area (Å²) >= 11 is 0. The van der Waals surface area contributed by atoms with Crippen molar-refractivity contribution < 1.29 is 4.79 Å². The molecule has 134 valence electrons. The van der Waals surface area contributed by atoms with E-state index in [4.69, 9.17) is 4.98 Å². The van der Waals surface area contributed by atoms with Crippen LogP contribution in [0.3, 0.4) is 0 Å². The summed E-state index contributed by atoms with van der Waals surface area (Å²) in [6.45, 7) is 5.82. The van der Waals surface area contributed by atoms with Crippen molar-refractivity contribution in [2.75, 3.05) is 20.1 Å². The molecule has 4 rings (SSSR count). The fraction of sp³-hybridized carbons (Fsp3) is 0.556. The van der Waals surface area contributed by atoms with E-state index in [1.807, 2.05) is 6.07 Å². The number of aromatic nitrogens is 2. The van der Waals surface area contributed by atoms with Gasteiger partial charge in [0.2, 0.25) is 5.91 Å². The Hall–Kier alpha value is -1.96. The average Bonchev–Trinajstić information content (AvgIpc) is 3.21. The summed E-state index contributed by atoms with van der Waals surface area (Å²) in [6.07, 6.45) is 1.04. The molecule has 0 saturated carbocycles. The molecule has 7 heteroatoms. The third-order valence-corrected chi connectivity index (χ3v) is 5.54. The smallest absolute Gasteiger partial charge is 0.238 e. The maximum absolute atomic E-state index is 12.1. The standard InChI is InChI=1S/C18H26N6O/c1-3-24-15-7-5-4-6-14(15)20-16(24)11-23-9-8-13-12(10-23)17(22-21-13)18(25)19-2/h4-7,12-13,17,21-22H,3,8-11H2,1-2H3,(H,19,25). The topological polar surface area (TPSA) is 74.2 Å². The molecular formula is C18H26N6O. The average molecular weight is 342 g/mol. The molecule has 1 aromatic heterocycles. The van der Waals surface area contributed by atoms with Crippen LogP contribution in [0.2, 0.25) is 0 Å². The zero-order valence-electron chi connectivity index (χ0n) is 14.8. The van der Waals surface area contributed by atoms with Gasteiger partial charge in [0.25, 0.3) is 0 Å². The van der Waals surface area contributed by atoms with E-state index in [0.717, 1.165) is 43.9 Å². The highest BCUT2D eigenvalue weighted by atomic mass is 16.2. The Kier molecular flexibility index (Phi) is 4.45. The zero-order valence-corrected chi connectivity index (χ0v) is 14.8. The first-order valence-electron chi connectivity index (χ1n) is 9.10. The van der Waals surface area contributed by atoms with Crippen LogP contribution in [0.25, 0.3) is 11.0 Å². The van der Waals surface area contributed by atoms with Crippen molar-refractivity contribution in [1.82, 2.24) is 30.6 Å². The van der Waals surface area contributed by atoms with E-state index in [9.17, 15) is 4.79 Å². The number of piperidine rings is 1. The van der Waals surface area contributed by atoms with Crippen LogP contribution in [0.4, 0.5) is 0 Å². The molecule has 3 unspecified atom stereocenters. The summed E-state index contributed by atoms with van der Waals surface area (Å²) in [6, 6.07) is 8.51. The molecule has 0 radical (unpaired) electrons. The van der Waals surface area contributed by atoms with Crippen molar-refractivity contribution in [3.63, 3.8) is 0 Å². The molecule has 2 fully saturated rings. The molecule has 2 saturated heterocycles. The zero-order chi connectivity index (χ0) is 17.4. The van der Waals surface area contributed by atoms with E-state index in [2.05, 4.69) is 50.8 Å². The SMILES string of the molecule is CCn1c(CN2CCC3NNC(C(=O)NC)C3C2)nc2ccccc21. The lowest BCUT2D eigenvalue weighted by Gasteiger charge is -2.35. The van der Waals surface area contributed by atoms with Gasteiger partial charge in [-0.05, 0) is 25.5 Å². The lowest BCUT2D eigenvalue weighted by Crippen LogP contribution is -2.49. The maximum atomic E-state index is 12.1. The maximum Gasteiger partial charge on any atom is 0.238 e. The number of rotatable bonds is 4. The highest BCUT2D eigenvalue weighted by Crippen LogP contribution is 2.26. The van der Waals surface area contributed by atoms with E-state index >= 15 is 0 Å². The van der Waals surface area contributed by atoms with Gasteiger partial charge in [-0.1, -0.05) is 12.1 Å². The molecule has 1 aromatic carbocycles. The number of para-hydroxylation sites is 2. The number of fused-ring (bicyclic) bond motifs is 2. The van der Waals surface area contributed by atoms with Crippen molar-refractivity contribution in [3.8, 4) is 0 Å². The molecule has 0 bridgehead atoms. The van der Waals surface area contributed by atoms with Crippen molar-refractivity contribution in [2.24, 2.45) is 5.92 Å². The van der Waals surface area contributed by atoms with Crippen LogP contribution in [0.15, 0.2) is 24.3 Å². The second kappa shape index (κ2) is 6.74. The van der Waals surface area contributed by atoms with Crippen molar-refractivity contribution in [3.05, 3.63) is 30.1 Å². The van der Waals surface area contributed by atoms with Crippen molar-refractivity contribution in [2.45, 2.75) is 38.5 Å². The van der Waals surface area contributed by atoms with Crippen molar-refractivity contribution >= 4 is 16.9 Å². The number of aryl methyl sites for hydroxylation is 1. The summed E-state index contributed by atoms with van der Waals surface area (Å²) in [5, 5.41) is 2.76. The number of nitrogens with one attached hydrogen (secondary N) is 3. The van der Waals surface area contributed by atoms with Crippen LogP contribution in [0, 0.1) is 5.92 Å². The van der Waals surface area contributed by atoms with Crippen LogP contribution in [-0.2, 0) is 17.9 Å². The van der Waals surface area contributed by atoms with E-state index in [0.29, 0.717) is 6.04 Å². The highest BCUT2D eigenvalue weighted by molar-refractivity contribution is 5.82. The lowest BCUT2D eigenvalue weighted by atomic mass is 9.88. The van der Waals surface area contributed by atoms with Gasteiger partial charge in [0, 0.05) is 38.6 Å². The lowest BCUT2D eigenvalue weighted by molar-refractivity contribution is -0.123.